The summed E-state index contributed by atoms with van der Waals surface area (Å²) in [6, 6.07) is 3.46. The molecule has 2 rings (SSSR count). The normalized spacial score (nSPS) is 15.5. The average molecular weight is 408 g/mol. The van der Waals surface area contributed by atoms with Crippen molar-refractivity contribution in [1.29, 1.82) is 0 Å². The number of hydrogen-bond acceptors (Lipinski definition) is 5. The molecule has 0 atom stereocenters. The van der Waals surface area contributed by atoms with Crippen LogP contribution in [0.2, 0.25) is 0 Å². The van der Waals surface area contributed by atoms with Crippen LogP contribution in [0.3, 0.4) is 0 Å². The lowest BCUT2D eigenvalue weighted by molar-refractivity contribution is -0.122. The molecule has 0 spiro atoms. The summed E-state index contributed by atoms with van der Waals surface area (Å²) < 4.78 is 11.5. The van der Waals surface area contributed by atoms with E-state index < -0.39 is 5.91 Å². The van der Waals surface area contributed by atoms with Gasteiger partial charge in [-0.3, -0.25) is 14.5 Å². The summed E-state index contributed by atoms with van der Waals surface area (Å²) in [6.45, 7) is 3.90. The smallest absolute Gasteiger partial charge is 0.294 e. The van der Waals surface area contributed by atoms with E-state index in [1.54, 1.807) is 24.3 Å². The Bertz CT molecular complexity index is 767. The fraction of sp³-hybridized carbons (Fsp3) is 0.176. The number of nitrogens with zero attached hydrogens (tertiary/aromatic N) is 1. The zero-order valence-electron chi connectivity index (χ0n) is 12.9. The number of imide groups is 1. The Morgan fingerprint density at radius 3 is 2.79 bits per heavy atom. The number of methoxy groups -OCH3 is 1. The van der Waals surface area contributed by atoms with Gasteiger partial charge in [0.25, 0.3) is 11.1 Å². The summed E-state index contributed by atoms with van der Waals surface area (Å²) in [4.78, 5) is 25.4. The lowest BCUT2D eigenvalue weighted by Gasteiger charge is -2.12. The van der Waals surface area contributed by atoms with Gasteiger partial charge in [-0.05, 0) is 35.5 Å². The standard InChI is InChI=1S/C17H14BrNO4S/c1-4-6-19-16(20)15(24-17(19)21)9-11-8-13(22-3)14(10-12(11)18)23-7-5-2/h1,5,8-10H,2,6-7H2,3H3. The molecule has 124 valence electrons. The molecule has 1 heterocycles. The Morgan fingerprint density at radius 2 is 2.17 bits per heavy atom. The van der Waals surface area contributed by atoms with Crippen LogP contribution in [0.15, 0.2) is 34.2 Å². The van der Waals surface area contributed by atoms with Crippen molar-refractivity contribution in [2.75, 3.05) is 20.3 Å². The number of thioether (sulfide) groups is 1. The predicted molar refractivity (Wildman–Crippen MR) is 97.9 cm³/mol. The lowest BCUT2D eigenvalue weighted by atomic mass is 10.2. The minimum absolute atomic E-state index is 0.0408. The van der Waals surface area contributed by atoms with Crippen LogP contribution < -0.4 is 9.47 Å². The van der Waals surface area contributed by atoms with Gasteiger partial charge in [0.15, 0.2) is 11.5 Å². The van der Waals surface area contributed by atoms with E-state index in [0.29, 0.717) is 33.0 Å². The molecule has 2 amide bonds. The topological polar surface area (TPSA) is 55.8 Å². The zero-order valence-corrected chi connectivity index (χ0v) is 15.3. The molecular formula is C17H14BrNO4S. The van der Waals surface area contributed by atoms with Gasteiger partial charge in [-0.1, -0.05) is 34.5 Å². The molecular weight excluding hydrogens is 394 g/mol. The van der Waals surface area contributed by atoms with Gasteiger partial charge in [0.1, 0.15) is 6.61 Å². The number of terminal acetylenes is 1. The number of hydrogen-bond donors (Lipinski definition) is 0. The molecule has 1 aliphatic heterocycles. The summed E-state index contributed by atoms with van der Waals surface area (Å²) in [5.74, 6) is 2.95. The maximum atomic E-state index is 12.2. The molecule has 5 nitrogen and oxygen atoms in total. The highest BCUT2D eigenvalue weighted by Gasteiger charge is 2.34. The highest BCUT2D eigenvalue weighted by Crippen LogP contribution is 2.37. The van der Waals surface area contributed by atoms with E-state index in [4.69, 9.17) is 15.9 Å². The van der Waals surface area contributed by atoms with Gasteiger partial charge in [-0.2, -0.15) is 0 Å². The van der Waals surface area contributed by atoms with Gasteiger partial charge in [0.2, 0.25) is 0 Å². The fourth-order valence-corrected chi connectivity index (χ4v) is 3.22. The molecule has 1 fully saturated rings. The second-order valence-corrected chi connectivity index (χ2v) is 6.44. The Balaban J connectivity index is 2.36. The van der Waals surface area contributed by atoms with Gasteiger partial charge in [-0.15, -0.1) is 6.42 Å². The second-order valence-electron chi connectivity index (χ2n) is 4.60. The molecule has 0 saturated carbocycles. The number of carbonyl (C=O) groups is 2. The van der Waals surface area contributed by atoms with Crippen LogP contribution in [0.25, 0.3) is 6.08 Å². The van der Waals surface area contributed by atoms with Crippen molar-refractivity contribution < 1.29 is 19.1 Å². The third-order valence-electron chi connectivity index (χ3n) is 3.05. The highest BCUT2D eigenvalue weighted by atomic mass is 79.9. The van der Waals surface area contributed by atoms with Crippen LogP contribution >= 0.6 is 27.7 Å². The minimum atomic E-state index is -0.402. The molecule has 7 heteroatoms. The average Bonchev–Trinajstić information content (AvgIpc) is 2.82. The summed E-state index contributed by atoms with van der Waals surface area (Å²) in [7, 11) is 1.52. The largest absolute Gasteiger partial charge is 0.493 e. The highest BCUT2D eigenvalue weighted by molar-refractivity contribution is 9.10. The van der Waals surface area contributed by atoms with Crippen molar-refractivity contribution in [1.82, 2.24) is 4.90 Å². The summed E-state index contributed by atoms with van der Waals surface area (Å²) in [5, 5.41) is -0.377. The van der Waals surface area contributed by atoms with E-state index in [1.807, 2.05) is 0 Å². The first-order valence-corrected chi connectivity index (χ1v) is 8.42. The molecule has 0 radical (unpaired) electrons. The van der Waals surface area contributed by atoms with Gasteiger partial charge in [0.05, 0.1) is 18.6 Å². The first-order valence-electron chi connectivity index (χ1n) is 6.81. The first kappa shape index (κ1) is 18.2. The SMILES string of the molecule is C#CCN1C(=O)SC(=Cc2cc(OC)c(OCC=C)cc2Br)C1=O. The monoisotopic (exact) mass is 407 g/mol. The number of benzene rings is 1. The van der Waals surface area contributed by atoms with Crippen LogP contribution in [0.1, 0.15) is 5.56 Å². The molecule has 0 aromatic heterocycles. The van der Waals surface area contributed by atoms with Crippen molar-refractivity contribution in [3.63, 3.8) is 0 Å². The minimum Gasteiger partial charge on any atom is -0.493 e. The molecule has 0 aliphatic carbocycles. The number of halogens is 1. The van der Waals surface area contributed by atoms with Gasteiger partial charge < -0.3 is 9.47 Å². The Morgan fingerprint density at radius 1 is 1.42 bits per heavy atom. The van der Waals surface area contributed by atoms with E-state index in [2.05, 4.69) is 28.4 Å². The number of ether oxygens (including phenoxy) is 2. The zero-order chi connectivity index (χ0) is 17.7. The molecule has 1 aliphatic rings. The maximum Gasteiger partial charge on any atom is 0.294 e. The van der Waals surface area contributed by atoms with Crippen LogP contribution in [-0.4, -0.2) is 36.3 Å². The van der Waals surface area contributed by atoms with Gasteiger partial charge in [0, 0.05) is 4.47 Å². The molecule has 0 N–H and O–H groups in total. The first-order chi connectivity index (χ1) is 11.5. The third kappa shape index (κ3) is 3.83. The molecule has 1 aromatic rings. The van der Waals surface area contributed by atoms with Crippen molar-refractivity contribution in [3.8, 4) is 23.8 Å². The van der Waals surface area contributed by atoms with Crippen LogP contribution in [0.4, 0.5) is 4.79 Å². The Hall–Kier alpha value is -2.17. The van der Waals surface area contributed by atoms with Crippen molar-refractivity contribution in [3.05, 3.63) is 39.7 Å². The van der Waals surface area contributed by atoms with Crippen LogP contribution in [0.5, 0.6) is 11.5 Å². The lowest BCUT2D eigenvalue weighted by Crippen LogP contribution is -2.28. The van der Waals surface area contributed by atoms with E-state index in [1.165, 1.54) is 7.11 Å². The van der Waals surface area contributed by atoms with Crippen molar-refractivity contribution in [2.45, 2.75) is 0 Å². The van der Waals surface area contributed by atoms with Gasteiger partial charge >= 0.3 is 0 Å². The molecule has 1 saturated heterocycles. The van der Waals surface area contributed by atoms with E-state index in [-0.39, 0.29) is 11.8 Å². The predicted octanol–water partition coefficient (Wildman–Crippen LogP) is 3.69. The number of amides is 2. The number of rotatable bonds is 6. The molecule has 0 unspecified atom stereocenters. The van der Waals surface area contributed by atoms with E-state index >= 15 is 0 Å². The maximum absolute atomic E-state index is 12.2. The number of carbonyl (C=O) groups excluding carboxylic acids is 2. The summed E-state index contributed by atoms with van der Waals surface area (Å²) in [5.41, 5.74) is 0.684. The van der Waals surface area contributed by atoms with E-state index in [0.717, 1.165) is 16.7 Å². The van der Waals surface area contributed by atoms with Crippen molar-refractivity contribution in [2.24, 2.45) is 0 Å². The van der Waals surface area contributed by atoms with Gasteiger partial charge in [-0.25, -0.2) is 0 Å². The quantitative estimate of drug-likeness (QED) is 0.408. The summed E-state index contributed by atoms with van der Waals surface area (Å²) in [6.07, 6.45) is 8.42. The third-order valence-corrected chi connectivity index (χ3v) is 4.64. The van der Waals surface area contributed by atoms with Crippen LogP contribution in [0, 0.1) is 12.3 Å². The molecule has 1 aromatic carbocycles. The Kier molecular flexibility index (Phi) is 6.12. The molecule has 24 heavy (non-hydrogen) atoms. The van der Waals surface area contributed by atoms with Crippen LogP contribution in [-0.2, 0) is 4.79 Å². The Labute approximate surface area is 152 Å². The summed E-state index contributed by atoms with van der Waals surface area (Å²) >= 11 is 4.29. The molecule has 0 bridgehead atoms. The van der Waals surface area contributed by atoms with E-state index in [9.17, 15) is 9.59 Å². The fourth-order valence-electron chi connectivity index (χ4n) is 1.95. The van der Waals surface area contributed by atoms with Crippen molar-refractivity contribution >= 4 is 44.9 Å². The second kappa shape index (κ2) is 8.08.